The fourth-order valence-electron chi connectivity index (χ4n) is 1.35. The average molecular weight is 260 g/mol. The number of nitrogens with two attached hydrogens (primary N) is 1. The predicted octanol–water partition coefficient (Wildman–Crippen LogP) is 2.74. The zero-order chi connectivity index (χ0) is 10.8. The van der Waals surface area contributed by atoms with Crippen molar-refractivity contribution in [1.29, 1.82) is 0 Å². The van der Waals surface area contributed by atoms with Crippen molar-refractivity contribution in [1.82, 2.24) is 0 Å². The quantitative estimate of drug-likeness (QED) is 0.847. The number of hydrogen-bond donors (Lipinski definition) is 1. The van der Waals surface area contributed by atoms with Crippen LogP contribution in [0, 0.1) is 0 Å². The van der Waals surface area contributed by atoms with Gasteiger partial charge in [-0.3, -0.25) is 4.79 Å². The molecular weight excluding hydrogens is 246 g/mol. The SMILES string of the molecule is CCCC(C)(N)C(=O)c1occc1Br. The topological polar surface area (TPSA) is 56.2 Å². The molecule has 1 unspecified atom stereocenters. The summed E-state index contributed by atoms with van der Waals surface area (Å²) in [5.74, 6) is 0.152. The Kier molecular flexibility index (Phi) is 3.50. The fraction of sp³-hybridized carbons (Fsp3) is 0.500. The smallest absolute Gasteiger partial charge is 0.218 e. The molecule has 0 aliphatic heterocycles. The molecule has 1 rings (SSSR count). The first kappa shape index (κ1) is 11.5. The molecule has 4 heteroatoms. The van der Waals surface area contributed by atoms with Crippen LogP contribution < -0.4 is 5.73 Å². The third-order valence-electron chi connectivity index (χ3n) is 2.11. The molecule has 0 amide bonds. The summed E-state index contributed by atoms with van der Waals surface area (Å²) in [6.45, 7) is 3.73. The first-order valence-electron chi connectivity index (χ1n) is 4.55. The van der Waals surface area contributed by atoms with Crippen molar-refractivity contribution in [3.8, 4) is 0 Å². The number of carbonyl (C=O) groups excluding carboxylic acids is 1. The Bertz CT molecular complexity index is 331. The zero-order valence-electron chi connectivity index (χ0n) is 8.34. The standard InChI is InChI=1S/C10H14BrNO2/c1-3-5-10(2,12)9(13)8-7(11)4-6-14-8/h4,6H,3,5,12H2,1-2H3. The highest BCUT2D eigenvalue weighted by molar-refractivity contribution is 9.10. The molecule has 1 heterocycles. The van der Waals surface area contributed by atoms with Gasteiger partial charge in [-0.05, 0) is 35.3 Å². The van der Waals surface area contributed by atoms with Gasteiger partial charge in [0, 0.05) is 0 Å². The van der Waals surface area contributed by atoms with Crippen LogP contribution in [0.5, 0.6) is 0 Å². The Labute approximate surface area is 91.8 Å². The van der Waals surface area contributed by atoms with Crippen LogP contribution >= 0.6 is 15.9 Å². The lowest BCUT2D eigenvalue weighted by Gasteiger charge is -2.20. The molecule has 1 aromatic rings. The Morgan fingerprint density at radius 3 is 2.79 bits per heavy atom. The second-order valence-electron chi connectivity index (χ2n) is 3.59. The van der Waals surface area contributed by atoms with Gasteiger partial charge < -0.3 is 10.2 Å². The highest BCUT2D eigenvalue weighted by atomic mass is 79.9. The predicted molar refractivity (Wildman–Crippen MR) is 58.2 cm³/mol. The van der Waals surface area contributed by atoms with Gasteiger partial charge in [0.05, 0.1) is 16.3 Å². The number of hydrogen-bond acceptors (Lipinski definition) is 3. The maximum absolute atomic E-state index is 11.9. The van der Waals surface area contributed by atoms with Crippen molar-refractivity contribution >= 4 is 21.7 Å². The molecule has 0 aromatic carbocycles. The molecule has 1 atom stereocenters. The van der Waals surface area contributed by atoms with Crippen LogP contribution in [0.3, 0.4) is 0 Å². The summed E-state index contributed by atoms with van der Waals surface area (Å²) in [7, 11) is 0. The summed E-state index contributed by atoms with van der Waals surface area (Å²) in [5, 5.41) is 0. The summed E-state index contributed by atoms with van der Waals surface area (Å²) in [5.41, 5.74) is 5.06. The minimum Gasteiger partial charge on any atom is -0.460 e. The van der Waals surface area contributed by atoms with Gasteiger partial charge in [-0.15, -0.1) is 0 Å². The van der Waals surface area contributed by atoms with Gasteiger partial charge in [-0.25, -0.2) is 0 Å². The van der Waals surface area contributed by atoms with Crippen LogP contribution in [0.2, 0.25) is 0 Å². The molecule has 0 radical (unpaired) electrons. The van der Waals surface area contributed by atoms with E-state index in [1.165, 1.54) is 6.26 Å². The lowest BCUT2D eigenvalue weighted by molar-refractivity contribution is 0.0863. The number of rotatable bonds is 4. The molecule has 2 N–H and O–H groups in total. The van der Waals surface area contributed by atoms with Crippen LogP contribution in [0.15, 0.2) is 21.2 Å². The van der Waals surface area contributed by atoms with E-state index in [9.17, 15) is 4.79 Å². The number of carbonyl (C=O) groups is 1. The first-order chi connectivity index (χ1) is 6.49. The first-order valence-corrected chi connectivity index (χ1v) is 5.35. The van der Waals surface area contributed by atoms with Gasteiger partial charge in [0.1, 0.15) is 0 Å². The summed E-state index contributed by atoms with van der Waals surface area (Å²) < 4.78 is 5.74. The molecule has 1 aromatic heterocycles. The zero-order valence-corrected chi connectivity index (χ0v) is 9.93. The van der Waals surface area contributed by atoms with Crippen molar-refractivity contribution in [2.24, 2.45) is 5.73 Å². The van der Waals surface area contributed by atoms with E-state index in [0.717, 1.165) is 6.42 Å². The third kappa shape index (κ3) is 2.25. The Morgan fingerprint density at radius 2 is 2.36 bits per heavy atom. The lowest BCUT2D eigenvalue weighted by Crippen LogP contribution is -2.44. The summed E-state index contributed by atoms with van der Waals surface area (Å²) >= 11 is 3.24. The highest BCUT2D eigenvalue weighted by Gasteiger charge is 2.31. The van der Waals surface area contributed by atoms with E-state index in [1.54, 1.807) is 13.0 Å². The van der Waals surface area contributed by atoms with E-state index in [-0.39, 0.29) is 5.78 Å². The van der Waals surface area contributed by atoms with Crippen LogP contribution in [-0.4, -0.2) is 11.3 Å². The molecule has 0 aliphatic carbocycles. The second kappa shape index (κ2) is 4.28. The van der Waals surface area contributed by atoms with E-state index in [2.05, 4.69) is 15.9 Å². The minimum atomic E-state index is -0.838. The molecule has 0 fully saturated rings. The van der Waals surface area contributed by atoms with E-state index >= 15 is 0 Å². The van der Waals surface area contributed by atoms with E-state index < -0.39 is 5.54 Å². The van der Waals surface area contributed by atoms with Crippen molar-refractivity contribution in [2.45, 2.75) is 32.2 Å². The minimum absolute atomic E-state index is 0.156. The Morgan fingerprint density at radius 1 is 1.71 bits per heavy atom. The van der Waals surface area contributed by atoms with Crippen molar-refractivity contribution < 1.29 is 9.21 Å². The lowest BCUT2D eigenvalue weighted by atomic mass is 9.91. The maximum Gasteiger partial charge on any atom is 0.218 e. The number of halogens is 1. The van der Waals surface area contributed by atoms with Crippen molar-refractivity contribution in [2.75, 3.05) is 0 Å². The number of Topliss-reactive ketones (excluding diaryl/α,β-unsaturated/α-hetero) is 1. The molecule has 0 aliphatic rings. The van der Waals surface area contributed by atoms with Crippen LogP contribution in [-0.2, 0) is 0 Å². The van der Waals surface area contributed by atoms with E-state index in [1.807, 2.05) is 6.92 Å². The Balaban J connectivity index is 2.90. The van der Waals surface area contributed by atoms with Crippen molar-refractivity contribution in [3.63, 3.8) is 0 Å². The monoisotopic (exact) mass is 259 g/mol. The third-order valence-corrected chi connectivity index (χ3v) is 2.74. The number of furan rings is 1. The normalized spacial score (nSPS) is 15.1. The largest absolute Gasteiger partial charge is 0.460 e. The van der Waals surface area contributed by atoms with Crippen LogP contribution in [0.4, 0.5) is 0 Å². The molecule has 0 bridgehead atoms. The average Bonchev–Trinajstić information content (AvgIpc) is 2.50. The molecule has 0 spiro atoms. The Hall–Kier alpha value is -0.610. The fourth-order valence-corrected chi connectivity index (χ4v) is 1.73. The van der Waals surface area contributed by atoms with Gasteiger partial charge in [-0.2, -0.15) is 0 Å². The van der Waals surface area contributed by atoms with E-state index in [0.29, 0.717) is 16.7 Å². The summed E-state index contributed by atoms with van der Waals surface area (Å²) in [6.07, 6.45) is 3.00. The molecule has 3 nitrogen and oxygen atoms in total. The number of ketones is 1. The second-order valence-corrected chi connectivity index (χ2v) is 4.45. The van der Waals surface area contributed by atoms with Gasteiger partial charge in [0.15, 0.2) is 5.76 Å². The summed E-state index contributed by atoms with van der Waals surface area (Å²) in [6, 6.07) is 1.69. The van der Waals surface area contributed by atoms with Gasteiger partial charge in [0.25, 0.3) is 0 Å². The van der Waals surface area contributed by atoms with Crippen LogP contribution in [0.1, 0.15) is 37.2 Å². The van der Waals surface area contributed by atoms with Crippen molar-refractivity contribution in [3.05, 3.63) is 22.6 Å². The van der Waals surface area contributed by atoms with Gasteiger partial charge >= 0.3 is 0 Å². The summed E-state index contributed by atoms with van der Waals surface area (Å²) in [4.78, 5) is 11.9. The van der Waals surface area contributed by atoms with E-state index in [4.69, 9.17) is 10.2 Å². The molecule has 78 valence electrons. The highest BCUT2D eigenvalue weighted by Crippen LogP contribution is 2.23. The maximum atomic E-state index is 11.9. The van der Waals surface area contributed by atoms with Gasteiger partial charge in [0.2, 0.25) is 5.78 Å². The van der Waals surface area contributed by atoms with Crippen LogP contribution in [0.25, 0.3) is 0 Å². The molecular formula is C10H14BrNO2. The molecule has 0 saturated carbocycles. The molecule has 14 heavy (non-hydrogen) atoms. The van der Waals surface area contributed by atoms with Gasteiger partial charge in [-0.1, -0.05) is 13.3 Å². The molecule has 0 saturated heterocycles.